The van der Waals surface area contributed by atoms with Crippen molar-refractivity contribution >= 4 is 22.2 Å². The van der Waals surface area contributed by atoms with Crippen molar-refractivity contribution in [3.8, 4) is 0 Å². The van der Waals surface area contributed by atoms with Crippen LogP contribution in [0.15, 0.2) is 42.2 Å². The van der Waals surface area contributed by atoms with Gasteiger partial charge in [-0.25, -0.2) is 0 Å². The Labute approximate surface area is 129 Å². The van der Waals surface area contributed by atoms with Gasteiger partial charge in [0.1, 0.15) is 0 Å². The van der Waals surface area contributed by atoms with E-state index in [2.05, 4.69) is 59.2 Å². The Balaban J connectivity index is 1.86. The Hall–Kier alpha value is -1.65. The summed E-state index contributed by atoms with van der Waals surface area (Å²) in [5, 5.41) is 4.89. The Kier molecular flexibility index (Phi) is 4.36. The van der Waals surface area contributed by atoms with Crippen LogP contribution in [-0.4, -0.2) is 16.1 Å². The molecule has 0 fully saturated rings. The molecule has 0 aliphatic rings. The second kappa shape index (κ2) is 6.41. The Morgan fingerprint density at radius 1 is 1.29 bits per heavy atom. The first kappa shape index (κ1) is 14.3. The summed E-state index contributed by atoms with van der Waals surface area (Å²) < 4.78 is 2.33. The summed E-state index contributed by atoms with van der Waals surface area (Å²) in [4.78, 5) is 5.46. The van der Waals surface area contributed by atoms with Gasteiger partial charge in [-0.2, -0.15) is 0 Å². The molecule has 2 heterocycles. The molecule has 2 aromatic heterocycles. The van der Waals surface area contributed by atoms with Gasteiger partial charge in [-0.05, 0) is 24.1 Å². The standard InChI is InChI=1S/C17H21N3S/c1-13(2)7-18-8-14-10-20(11-15-9-19-12-21-15)17-6-4-3-5-16(14)17/h3-6,9-10,12-13,18H,7-8,11H2,1-2H3. The van der Waals surface area contributed by atoms with Gasteiger partial charge in [0.25, 0.3) is 0 Å². The summed E-state index contributed by atoms with van der Waals surface area (Å²) in [5.41, 5.74) is 4.56. The van der Waals surface area contributed by atoms with E-state index in [0.29, 0.717) is 5.92 Å². The first-order valence-electron chi connectivity index (χ1n) is 7.39. The van der Waals surface area contributed by atoms with Gasteiger partial charge in [0.15, 0.2) is 0 Å². The zero-order chi connectivity index (χ0) is 14.7. The number of para-hydroxylation sites is 1. The minimum atomic E-state index is 0.676. The van der Waals surface area contributed by atoms with Gasteiger partial charge in [0.05, 0.1) is 12.1 Å². The number of fused-ring (bicyclic) bond motifs is 1. The molecular formula is C17H21N3S. The van der Waals surface area contributed by atoms with Crippen molar-refractivity contribution in [3.63, 3.8) is 0 Å². The van der Waals surface area contributed by atoms with Crippen LogP contribution >= 0.6 is 11.3 Å². The predicted octanol–water partition coefficient (Wildman–Crippen LogP) is 3.89. The molecule has 0 unspecified atom stereocenters. The van der Waals surface area contributed by atoms with Gasteiger partial charge in [-0.3, -0.25) is 4.98 Å². The Morgan fingerprint density at radius 2 is 2.14 bits per heavy atom. The van der Waals surface area contributed by atoms with Crippen LogP contribution in [0.5, 0.6) is 0 Å². The number of nitrogens with zero attached hydrogens (tertiary/aromatic N) is 2. The second-order valence-electron chi connectivity index (χ2n) is 5.79. The summed E-state index contributed by atoms with van der Waals surface area (Å²) in [5.74, 6) is 0.676. The maximum Gasteiger partial charge on any atom is 0.0794 e. The average Bonchev–Trinajstić information content (AvgIpc) is 3.09. The van der Waals surface area contributed by atoms with E-state index in [-0.39, 0.29) is 0 Å². The topological polar surface area (TPSA) is 29.9 Å². The van der Waals surface area contributed by atoms with Gasteiger partial charge < -0.3 is 9.88 Å². The molecule has 3 aromatic rings. The average molecular weight is 299 g/mol. The van der Waals surface area contributed by atoms with Gasteiger partial charge in [-0.1, -0.05) is 32.0 Å². The number of nitrogens with one attached hydrogen (secondary N) is 1. The van der Waals surface area contributed by atoms with E-state index in [9.17, 15) is 0 Å². The van der Waals surface area contributed by atoms with Gasteiger partial charge in [0, 0.05) is 34.7 Å². The van der Waals surface area contributed by atoms with Gasteiger partial charge in [0.2, 0.25) is 0 Å². The molecule has 3 rings (SSSR count). The lowest BCUT2D eigenvalue weighted by Crippen LogP contribution is -2.18. The molecule has 0 atom stereocenters. The Morgan fingerprint density at radius 3 is 2.90 bits per heavy atom. The van der Waals surface area contributed by atoms with E-state index in [4.69, 9.17) is 0 Å². The van der Waals surface area contributed by atoms with E-state index in [1.54, 1.807) is 11.3 Å². The molecule has 0 saturated heterocycles. The molecule has 3 nitrogen and oxygen atoms in total. The molecule has 0 spiro atoms. The first-order chi connectivity index (χ1) is 10.2. The van der Waals surface area contributed by atoms with Crippen molar-refractivity contribution in [1.82, 2.24) is 14.9 Å². The minimum absolute atomic E-state index is 0.676. The van der Waals surface area contributed by atoms with Crippen molar-refractivity contribution in [2.24, 2.45) is 5.92 Å². The molecule has 1 aromatic carbocycles. The SMILES string of the molecule is CC(C)CNCc1cn(Cc2cncs2)c2ccccc12. The lowest BCUT2D eigenvalue weighted by molar-refractivity contribution is 0.553. The molecule has 0 aliphatic heterocycles. The molecule has 0 saturated carbocycles. The number of aromatic nitrogens is 2. The van der Waals surface area contributed by atoms with Crippen LogP contribution in [0.3, 0.4) is 0 Å². The molecule has 21 heavy (non-hydrogen) atoms. The van der Waals surface area contributed by atoms with Crippen LogP contribution in [0.2, 0.25) is 0 Å². The third-order valence-electron chi connectivity index (χ3n) is 3.55. The zero-order valence-corrected chi connectivity index (χ0v) is 13.4. The molecule has 0 bridgehead atoms. The summed E-state index contributed by atoms with van der Waals surface area (Å²) in [6, 6.07) is 8.63. The van der Waals surface area contributed by atoms with Gasteiger partial charge in [-0.15, -0.1) is 11.3 Å². The smallest absolute Gasteiger partial charge is 0.0794 e. The van der Waals surface area contributed by atoms with Crippen LogP contribution in [-0.2, 0) is 13.1 Å². The van der Waals surface area contributed by atoms with Crippen molar-refractivity contribution in [1.29, 1.82) is 0 Å². The fourth-order valence-electron chi connectivity index (χ4n) is 2.58. The number of rotatable bonds is 6. The van der Waals surface area contributed by atoms with Gasteiger partial charge >= 0.3 is 0 Å². The highest BCUT2D eigenvalue weighted by molar-refractivity contribution is 7.09. The number of hydrogen-bond acceptors (Lipinski definition) is 3. The maximum absolute atomic E-state index is 4.17. The quantitative estimate of drug-likeness (QED) is 0.748. The summed E-state index contributed by atoms with van der Waals surface area (Å²) in [6.07, 6.45) is 4.23. The highest BCUT2D eigenvalue weighted by Gasteiger charge is 2.09. The first-order valence-corrected chi connectivity index (χ1v) is 8.27. The summed E-state index contributed by atoms with van der Waals surface area (Å²) in [7, 11) is 0. The lowest BCUT2D eigenvalue weighted by atomic mass is 10.1. The largest absolute Gasteiger partial charge is 0.342 e. The van der Waals surface area contributed by atoms with Crippen LogP contribution < -0.4 is 5.32 Å². The normalized spacial score (nSPS) is 11.6. The maximum atomic E-state index is 4.17. The number of thiazole rings is 1. The molecule has 4 heteroatoms. The van der Waals surface area contributed by atoms with E-state index in [1.807, 2.05) is 11.7 Å². The van der Waals surface area contributed by atoms with Crippen LogP contribution in [0.25, 0.3) is 10.9 Å². The van der Waals surface area contributed by atoms with E-state index >= 15 is 0 Å². The van der Waals surface area contributed by atoms with E-state index in [0.717, 1.165) is 19.6 Å². The molecule has 1 N–H and O–H groups in total. The zero-order valence-electron chi connectivity index (χ0n) is 12.5. The fourth-order valence-corrected chi connectivity index (χ4v) is 3.17. The molecular weight excluding hydrogens is 278 g/mol. The summed E-state index contributed by atoms with van der Waals surface area (Å²) >= 11 is 1.71. The van der Waals surface area contributed by atoms with Crippen molar-refractivity contribution in [3.05, 3.63) is 52.6 Å². The molecule has 0 aliphatic carbocycles. The summed E-state index contributed by atoms with van der Waals surface area (Å²) in [6.45, 7) is 7.35. The van der Waals surface area contributed by atoms with Crippen LogP contribution in [0.4, 0.5) is 0 Å². The predicted molar refractivity (Wildman–Crippen MR) is 89.7 cm³/mol. The number of hydrogen-bond donors (Lipinski definition) is 1. The van der Waals surface area contributed by atoms with E-state index in [1.165, 1.54) is 21.3 Å². The highest BCUT2D eigenvalue weighted by Crippen LogP contribution is 2.23. The van der Waals surface area contributed by atoms with Crippen molar-refractivity contribution in [2.75, 3.05) is 6.54 Å². The van der Waals surface area contributed by atoms with Crippen LogP contribution in [0.1, 0.15) is 24.3 Å². The van der Waals surface area contributed by atoms with E-state index < -0.39 is 0 Å². The van der Waals surface area contributed by atoms with Crippen molar-refractivity contribution < 1.29 is 0 Å². The van der Waals surface area contributed by atoms with Crippen molar-refractivity contribution in [2.45, 2.75) is 26.9 Å². The third-order valence-corrected chi connectivity index (χ3v) is 4.31. The minimum Gasteiger partial charge on any atom is -0.342 e. The monoisotopic (exact) mass is 299 g/mol. The second-order valence-corrected chi connectivity index (χ2v) is 6.76. The Bertz CT molecular complexity index is 698. The molecule has 0 amide bonds. The number of benzene rings is 1. The third kappa shape index (κ3) is 3.34. The molecule has 0 radical (unpaired) electrons. The molecule has 110 valence electrons. The highest BCUT2D eigenvalue weighted by atomic mass is 32.1. The fraction of sp³-hybridized carbons (Fsp3) is 0.353. The lowest BCUT2D eigenvalue weighted by Gasteiger charge is -2.06. The van der Waals surface area contributed by atoms with Crippen LogP contribution in [0, 0.1) is 5.92 Å².